The van der Waals surface area contributed by atoms with Crippen molar-refractivity contribution in [3.63, 3.8) is 0 Å². The van der Waals surface area contributed by atoms with Crippen LogP contribution in [0.5, 0.6) is 0 Å². The van der Waals surface area contributed by atoms with Crippen LogP contribution >= 0.6 is 0 Å². The Morgan fingerprint density at radius 3 is 2.09 bits per heavy atom. The second-order valence-corrected chi connectivity index (χ2v) is 6.05. The fourth-order valence-electron chi connectivity index (χ4n) is 3.18. The first-order chi connectivity index (χ1) is 11.2. The van der Waals surface area contributed by atoms with Crippen LogP contribution in [0, 0.1) is 0 Å². The van der Waals surface area contributed by atoms with Crippen LogP contribution in [0.2, 0.25) is 0 Å². The number of benzene rings is 2. The van der Waals surface area contributed by atoms with E-state index in [1.807, 2.05) is 60.7 Å². The van der Waals surface area contributed by atoms with Gasteiger partial charge in [0.05, 0.1) is 5.41 Å². The Hall–Kier alpha value is -2.42. The summed E-state index contributed by atoms with van der Waals surface area (Å²) in [5, 5.41) is 0. The molecule has 0 heterocycles. The Labute approximate surface area is 136 Å². The van der Waals surface area contributed by atoms with Crippen LogP contribution in [0.1, 0.15) is 36.8 Å². The van der Waals surface area contributed by atoms with Gasteiger partial charge in [0.1, 0.15) is 12.4 Å². The molecule has 0 spiro atoms. The molecule has 118 valence electrons. The van der Waals surface area contributed by atoms with Crippen molar-refractivity contribution >= 4 is 11.8 Å². The molecule has 1 fully saturated rings. The van der Waals surface area contributed by atoms with Crippen LogP contribution < -0.4 is 0 Å². The Kier molecular flexibility index (Phi) is 4.56. The molecule has 0 bridgehead atoms. The lowest BCUT2D eigenvalue weighted by atomic mass is 9.69. The molecule has 0 aliphatic heterocycles. The summed E-state index contributed by atoms with van der Waals surface area (Å²) < 4.78 is 5.61. The summed E-state index contributed by atoms with van der Waals surface area (Å²) in [7, 11) is 0. The summed E-state index contributed by atoms with van der Waals surface area (Å²) in [6.45, 7) is 0.266. The van der Waals surface area contributed by atoms with Crippen LogP contribution in [0.25, 0.3) is 0 Å². The van der Waals surface area contributed by atoms with Gasteiger partial charge in [-0.15, -0.1) is 0 Å². The number of ether oxygens (including phenoxy) is 1. The van der Waals surface area contributed by atoms with E-state index in [4.69, 9.17) is 4.74 Å². The van der Waals surface area contributed by atoms with Crippen molar-refractivity contribution in [3.05, 3.63) is 71.8 Å². The van der Waals surface area contributed by atoms with Gasteiger partial charge in [0.25, 0.3) is 0 Å². The van der Waals surface area contributed by atoms with Crippen molar-refractivity contribution in [2.45, 2.75) is 37.7 Å². The smallest absolute Gasteiger partial charge is 0.316 e. The zero-order chi connectivity index (χ0) is 16.1. The lowest BCUT2D eigenvalue weighted by Crippen LogP contribution is -2.41. The van der Waals surface area contributed by atoms with E-state index in [9.17, 15) is 9.59 Å². The van der Waals surface area contributed by atoms with Gasteiger partial charge >= 0.3 is 5.97 Å². The molecule has 23 heavy (non-hydrogen) atoms. The van der Waals surface area contributed by atoms with Crippen molar-refractivity contribution in [1.82, 2.24) is 0 Å². The highest BCUT2D eigenvalue weighted by Crippen LogP contribution is 2.39. The summed E-state index contributed by atoms with van der Waals surface area (Å²) in [6.07, 6.45) is 1.94. The maximum absolute atomic E-state index is 12.9. The standard InChI is InChI=1S/C20H20O3/c21-18-11-13-20(14-12-18,17-9-5-2-6-10-17)19(22)23-15-16-7-3-1-4-8-16/h1-10H,11-15H2. The molecule has 1 saturated carbocycles. The number of ketones is 1. The van der Waals surface area contributed by atoms with Crippen molar-refractivity contribution in [2.24, 2.45) is 0 Å². The molecule has 2 aromatic rings. The Bertz CT molecular complexity index is 667. The van der Waals surface area contributed by atoms with E-state index in [2.05, 4.69) is 0 Å². The minimum Gasteiger partial charge on any atom is -0.460 e. The molecule has 0 unspecified atom stereocenters. The number of Topliss-reactive ketones (excluding diaryl/α,β-unsaturated/α-hetero) is 1. The largest absolute Gasteiger partial charge is 0.460 e. The minimum atomic E-state index is -0.691. The molecular weight excluding hydrogens is 288 g/mol. The molecule has 0 radical (unpaired) electrons. The third-order valence-corrected chi connectivity index (χ3v) is 4.59. The number of hydrogen-bond acceptors (Lipinski definition) is 3. The molecule has 3 nitrogen and oxygen atoms in total. The molecule has 0 atom stereocenters. The summed E-state index contributed by atoms with van der Waals surface area (Å²) in [5.41, 5.74) is 1.23. The van der Waals surface area contributed by atoms with Crippen LogP contribution in [-0.2, 0) is 26.3 Å². The molecule has 0 amide bonds. The van der Waals surface area contributed by atoms with Gasteiger partial charge in [-0.1, -0.05) is 60.7 Å². The second-order valence-electron chi connectivity index (χ2n) is 6.05. The first-order valence-electron chi connectivity index (χ1n) is 7.99. The average Bonchev–Trinajstić information content (AvgIpc) is 2.62. The quantitative estimate of drug-likeness (QED) is 0.807. The highest BCUT2D eigenvalue weighted by Gasteiger charge is 2.44. The SMILES string of the molecule is O=C1CCC(C(=O)OCc2ccccc2)(c2ccccc2)CC1. The summed E-state index contributed by atoms with van der Waals surface area (Å²) in [5.74, 6) is 0.00692. The van der Waals surface area contributed by atoms with E-state index < -0.39 is 5.41 Å². The molecule has 3 rings (SSSR count). The minimum absolute atomic E-state index is 0.222. The summed E-state index contributed by atoms with van der Waals surface area (Å²) in [6, 6.07) is 19.4. The van der Waals surface area contributed by atoms with Gasteiger partial charge in [-0.2, -0.15) is 0 Å². The van der Waals surface area contributed by atoms with Crippen molar-refractivity contribution < 1.29 is 14.3 Å². The predicted octanol–water partition coefficient (Wildman–Crippen LogP) is 3.81. The second kappa shape index (κ2) is 6.78. The summed E-state index contributed by atoms with van der Waals surface area (Å²) >= 11 is 0. The highest BCUT2D eigenvalue weighted by atomic mass is 16.5. The number of carbonyl (C=O) groups is 2. The Morgan fingerprint density at radius 1 is 0.913 bits per heavy atom. The lowest BCUT2D eigenvalue weighted by Gasteiger charge is -2.34. The van der Waals surface area contributed by atoms with Crippen molar-refractivity contribution in [3.8, 4) is 0 Å². The fourth-order valence-corrected chi connectivity index (χ4v) is 3.18. The molecule has 2 aromatic carbocycles. The maximum atomic E-state index is 12.9. The van der Waals surface area contributed by atoms with Gasteiger partial charge in [-0.05, 0) is 24.0 Å². The van der Waals surface area contributed by atoms with E-state index in [0.717, 1.165) is 11.1 Å². The molecule has 3 heteroatoms. The highest BCUT2D eigenvalue weighted by molar-refractivity contribution is 5.88. The van der Waals surface area contributed by atoms with Crippen molar-refractivity contribution in [2.75, 3.05) is 0 Å². The predicted molar refractivity (Wildman–Crippen MR) is 87.8 cm³/mol. The van der Waals surface area contributed by atoms with Gasteiger partial charge in [0, 0.05) is 12.8 Å². The fraction of sp³-hybridized carbons (Fsp3) is 0.300. The van der Waals surface area contributed by atoms with E-state index in [1.54, 1.807) is 0 Å². The van der Waals surface area contributed by atoms with E-state index in [1.165, 1.54) is 0 Å². The van der Waals surface area contributed by atoms with Gasteiger partial charge in [-0.3, -0.25) is 9.59 Å². The monoisotopic (exact) mass is 308 g/mol. The molecule has 0 aromatic heterocycles. The third kappa shape index (κ3) is 3.34. The maximum Gasteiger partial charge on any atom is 0.316 e. The van der Waals surface area contributed by atoms with E-state index >= 15 is 0 Å². The van der Waals surface area contributed by atoms with Gasteiger partial charge in [0.2, 0.25) is 0 Å². The lowest BCUT2D eigenvalue weighted by molar-refractivity contribution is -0.154. The topological polar surface area (TPSA) is 43.4 Å². The van der Waals surface area contributed by atoms with E-state index in [-0.39, 0.29) is 18.4 Å². The zero-order valence-electron chi connectivity index (χ0n) is 13.0. The van der Waals surface area contributed by atoms with Crippen LogP contribution in [-0.4, -0.2) is 11.8 Å². The van der Waals surface area contributed by atoms with Crippen molar-refractivity contribution in [1.29, 1.82) is 0 Å². The summed E-state index contributed by atoms with van der Waals surface area (Å²) in [4.78, 5) is 24.5. The molecule has 0 saturated heterocycles. The Balaban J connectivity index is 1.81. The van der Waals surface area contributed by atoms with E-state index in [0.29, 0.717) is 25.7 Å². The first-order valence-corrected chi connectivity index (χ1v) is 7.99. The van der Waals surface area contributed by atoms with Gasteiger partial charge < -0.3 is 4.74 Å². The van der Waals surface area contributed by atoms with Crippen LogP contribution in [0.4, 0.5) is 0 Å². The zero-order valence-corrected chi connectivity index (χ0v) is 13.0. The average molecular weight is 308 g/mol. The van der Waals surface area contributed by atoms with Crippen LogP contribution in [0.3, 0.4) is 0 Å². The molecule has 1 aliphatic carbocycles. The number of esters is 1. The molecular formula is C20H20O3. The Morgan fingerprint density at radius 2 is 1.48 bits per heavy atom. The molecule has 0 N–H and O–H groups in total. The third-order valence-electron chi connectivity index (χ3n) is 4.59. The first kappa shape index (κ1) is 15.5. The van der Waals surface area contributed by atoms with Crippen LogP contribution in [0.15, 0.2) is 60.7 Å². The molecule has 1 aliphatic rings. The van der Waals surface area contributed by atoms with Gasteiger partial charge in [-0.25, -0.2) is 0 Å². The number of hydrogen-bond donors (Lipinski definition) is 0. The number of carbonyl (C=O) groups excluding carboxylic acids is 2. The van der Waals surface area contributed by atoms with Gasteiger partial charge in [0.15, 0.2) is 0 Å². The normalized spacial score (nSPS) is 16.8. The number of rotatable bonds is 4.